The van der Waals surface area contributed by atoms with Gasteiger partial charge in [-0.15, -0.1) is 0 Å². The molecular weight excluding hydrogens is 359 g/mol. The number of halogens is 2. The summed E-state index contributed by atoms with van der Waals surface area (Å²) in [6.07, 6.45) is 0. The van der Waals surface area contributed by atoms with Crippen LogP contribution in [0.4, 0.5) is 0 Å². The Balaban J connectivity index is 2.35. The van der Waals surface area contributed by atoms with Crippen molar-refractivity contribution in [3.8, 4) is 0 Å². The molecule has 0 saturated heterocycles. The Hall–Kier alpha value is 0.160. The molecular formula is C14H22ClIN2. The molecule has 0 aliphatic carbocycles. The van der Waals surface area contributed by atoms with Crippen LogP contribution in [-0.2, 0) is 6.54 Å². The molecule has 0 radical (unpaired) electrons. The minimum absolute atomic E-state index is 0.712. The largest absolute Gasteiger partial charge is 0.315 e. The van der Waals surface area contributed by atoms with E-state index in [2.05, 4.69) is 65.8 Å². The number of nitrogens with one attached hydrogen (secondary N) is 1. The standard InChI is InChI=1S/C14H22ClIN2/c1-11(2)9-17-6-7-18(3)10-12-8-13(15)4-5-14(12)16/h4-5,8,11,17H,6-7,9-10H2,1-3H3. The Morgan fingerprint density at radius 3 is 2.78 bits per heavy atom. The molecule has 1 N–H and O–H groups in total. The first-order chi connectivity index (χ1) is 8.49. The number of rotatable bonds is 7. The van der Waals surface area contributed by atoms with Gasteiger partial charge in [0.15, 0.2) is 0 Å². The lowest BCUT2D eigenvalue weighted by atomic mass is 10.2. The Kier molecular flexibility index (Phi) is 7.53. The van der Waals surface area contributed by atoms with Crippen LogP contribution in [0, 0.1) is 9.49 Å². The molecule has 0 atom stereocenters. The van der Waals surface area contributed by atoms with Gasteiger partial charge in [0, 0.05) is 28.2 Å². The van der Waals surface area contributed by atoms with Crippen LogP contribution in [-0.4, -0.2) is 31.6 Å². The second-order valence-electron chi connectivity index (χ2n) is 5.07. The third-order valence-electron chi connectivity index (χ3n) is 2.67. The van der Waals surface area contributed by atoms with Gasteiger partial charge in [0.1, 0.15) is 0 Å². The van der Waals surface area contributed by atoms with Gasteiger partial charge in [-0.1, -0.05) is 25.4 Å². The molecule has 18 heavy (non-hydrogen) atoms. The zero-order valence-corrected chi connectivity index (χ0v) is 14.3. The first-order valence-electron chi connectivity index (χ1n) is 6.32. The lowest BCUT2D eigenvalue weighted by Crippen LogP contribution is -2.31. The average Bonchev–Trinajstić information content (AvgIpc) is 2.29. The van der Waals surface area contributed by atoms with Crippen LogP contribution in [0.15, 0.2) is 18.2 Å². The fourth-order valence-electron chi connectivity index (χ4n) is 1.69. The van der Waals surface area contributed by atoms with Crippen molar-refractivity contribution in [1.29, 1.82) is 0 Å². The summed E-state index contributed by atoms with van der Waals surface area (Å²) < 4.78 is 1.28. The molecule has 0 fully saturated rings. The highest BCUT2D eigenvalue weighted by atomic mass is 127. The molecule has 2 nitrogen and oxygen atoms in total. The number of likely N-dealkylation sites (N-methyl/N-ethyl adjacent to an activating group) is 1. The number of hydrogen-bond donors (Lipinski definition) is 1. The Morgan fingerprint density at radius 2 is 2.11 bits per heavy atom. The maximum Gasteiger partial charge on any atom is 0.0409 e. The minimum atomic E-state index is 0.712. The molecule has 1 aromatic rings. The number of nitrogens with zero attached hydrogens (tertiary/aromatic N) is 1. The molecule has 0 saturated carbocycles. The van der Waals surface area contributed by atoms with Crippen molar-refractivity contribution in [2.24, 2.45) is 5.92 Å². The van der Waals surface area contributed by atoms with Crippen molar-refractivity contribution in [3.05, 3.63) is 32.4 Å². The number of hydrogen-bond acceptors (Lipinski definition) is 2. The monoisotopic (exact) mass is 380 g/mol. The second-order valence-corrected chi connectivity index (χ2v) is 6.67. The molecule has 0 spiro atoms. The summed E-state index contributed by atoms with van der Waals surface area (Å²) in [4.78, 5) is 2.32. The summed E-state index contributed by atoms with van der Waals surface area (Å²) >= 11 is 8.39. The fraction of sp³-hybridized carbons (Fsp3) is 0.571. The Morgan fingerprint density at radius 1 is 1.39 bits per heavy atom. The quantitative estimate of drug-likeness (QED) is 0.574. The summed E-state index contributed by atoms with van der Waals surface area (Å²) in [5.41, 5.74) is 1.30. The van der Waals surface area contributed by atoms with Crippen molar-refractivity contribution in [3.63, 3.8) is 0 Å². The summed E-state index contributed by atoms with van der Waals surface area (Å²) in [5, 5.41) is 4.27. The van der Waals surface area contributed by atoms with Gasteiger partial charge >= 0.3 is 0 Å². The predicted molar refractivity (Wildman–Crippen MR) is 88.2 cm³/mol. The summed E-state index contributed by atoms with van der Waals surface area (Å²) in [7, 11) is 2.15. The smallest absolute Gasteiger partial charge is 0.0409 e. The minimum Gasteiger partial charge on any atom is -0.315 e. The first kappa shape index (κ1) is 16.2. The molecule has 0 heterocycles. The van der Waals surface area contributed by atoms with Crippen molar-refractivity contribution in [2.75, 3.05) is 26.7 Å². The van der Waals surface area contributed by atoms with E-state index in [9.17, 15) is 0 Å². The summed E-state index contributed by atoms with van der Waals surface area (Å²) in [5.74, 6) is 0.712. The molecule has 0 bridgehead atoms. The van der Waals surface area contributed by atoms with E-state index < -0.39 is 0 Å². The zero-order chi connectivity index (χ0) is 13.5. The van der Waals surface area contributed by atoms with E-state index in [0.717, 1.165) is 31.2 Å². The lowest BCUT2D eigenvalue weighted by Gasteiger charge is -2.18. The molecule has 4 heteroatoms. The molecule has 0 unspecified atom stereocenters. The van der Waals surface area contributed by atoms with Gasteiger partial charge in [-0.3, -0.25) is 0 Å². The maximum atomic E-state index is 6.03. The van der Waals surface area contributed by atoms with Crippen molar-refractivity contribution in [1.82, 2.24) is 10.2 Å². The van der Waals surface area contributed by atoms with Crippen LogP contribution in [0.1, 0.15) is 19.4 Å². The van der Waals surface area contributed by atoms with Crippen molar-refractivity contribution >= 4 is 34.2 Å². The Labute approximate surface area is 129 Å². The van der Waals surface area contributed by atoms with Crippen LogP contribution in [0.25, 0.3) is 0 Å². The van der Waals surface area contributed by atoms with E-state index in [1.54, 1.807) is 0 Å². The average molecular weight is 381 g/mol. The normalized spacial score (nSPS) is 11.5. The third kappa shape index (κ3) is 6.36. The van der Waals surface area contributed by atoms with Gasteiger partial charge < -0.3 is 10.2 Å². The van der Waals surface area contributed by atoms with E-state index >= 15 is 0 Å². The molecule has 0 amide bonds. The maximum absolute atomic E-state index is 6.03. The lowest BCUT2D eigenvalue weighted by molar-refractivity contribution is 0.321. The topological polar surface area (TPSA) is 15.3 Å². The molecule has 0 aromatic heterocycles. The molecule has 102 valence electrons. The highest BCUT2D eigenvalue weighted by Crippen LogP contribution is 2.18. The van der Waals surface area contributed by atoms with Crippen LogP contribution in [0.3, 0.4) is 0 Å². The van der Waals surface area contributed by atoms with Crippen LogP contribution < -0.4 is 5.32 Å². The van der Waals surface area contributed by atoms with Gasteiger partial charge in [0.25, 0.3) is 0 Å². The van der Waals surface area contributed by atoms with E-state index in [0.29, 0.717) is 5.92 Å². The second kappa shape index (κ2) is 8.35. The predicted octanol–water partition coefficient (Wildman–Crippen LogP) is 3.62. The summed E-state index contributed by atoms with van der Waals surface area (Å²) in [6.45, 7) is 8.57. The first-order valence-corrected chi connectivity index (χ1v) is 7.78. The van der Waals surface area contributed by atoms with Crippen LogP contribution >= 0.6 is 34.2 Å². The van der Waals surface area contributed by atoms with E-state index in [1.807, 2.05) is 6.07 Å². The van der Waals surface area contributed by atoms with Gasteiger partial charge in [0.2, 0.25) is 0 Å². The molecule has 0 aliphatic rings. The zero-order valence-electron chi connectivity index (χ0n) is 11.3. The van der Waals surface area contributed by atoms with Gasteiger partial charge in [0.05, 0.1) is 0 Å². The molecule has 1 aromatic carbocycles. The van der Waals surface area contributed by atoms with Crippen LogP contribution in [0.2, 0.25) is 5.02 Å². The van der Waals surface area contributed by atoms with Crippen LogP contribution in [0.5, 0.6) is 0 Å². The fourth-order valence-corrected chi connectivity index (χ4v) is 2.40. The number of benzene rings is 1. The Bertz CT molecular complexity index is 369. The summed E-state index contributed by atoms with van der Waals surface area (Å²) in [6, 6.07) is 6.07. The molecule has 1 rings (SSSR count). The van der Waals surface area contributed by atoms with E-state index in [1.165, 1.54) is 9.13 Å². The highest BCUT2D eigenvalue weighted by Gasteiger charge is 2.05. The van der Waals surface area contributed by atoms with Gasteiger partial charge in [-0.25, -0.2) is 0 Å². The highest BCUT2D eigenvalue weighted by molar-refractivity contribution is 14.1. The van der Waals surface area contributed by atoms with Gasteiger partial charge in [-0.05, 0) is 65.9 Å². The van der Waals surface area contributed by atoms with Crippen molar-refractivity contribution in [2.45, 2.75) is 20.4 Å². The van der Waals surface area contributed by atoms with Crippen molar-refractivity contribution < 1.29 is 0 Å². The SMILES string of the molecule is CC(C)CNCCN(C)Cc1cc(Cl)ccc1I. The molecule has 0 aliphatic heterocycles. The van der Waals surface area contributed by atoms with E-state index in [-0.39, 0.29) is 0 Å². The van der Waals surface area contributed by atoms with Gasteiger partial charge in [-0.2, -0.15) is 0 Å². The third-order valence-corrected chi connectivity index (χ3v) is 3.96. The van der Waals surface area contributed by atoms with E-state index in [4.69, 9.17) is 11.6 Å².